The number of para-hydroxylation sites is 1. The first-order valence-electron chi connectivity index (χ1n) is 5.50. The SMILES string of the molecule is CC(=O)Oc1cc(N)cc(-c2ccccc2N)c1. The van der Waals surface area contributed by atoms with E-state index in [9.17, 15) is 4.79 Å². The molecule has 0 aromatic heterocycles. The van der Waals surface area contributed by atoms with Crippen LogP contribution in [0.4, 0.5) is 11.4 Å². The van der Waals surface area contributed by atoms with Gasteiger partial charge < -0.3 is 16.2 Å². The fourth-order valence-corrected chi connectivity index (χ4v) is 1.76. The van der Waals surface area contributed by atoms with Gasteiger partial charge >= 0.3 is 5.97 Å². The average Bonchev–Trinajstić information content (AvgIpc) is 2.27. The van der Waals surface area contributed by atoms with Crippen molar-refractivity contribution in [1.29, 1.82) is 0 Å². The molecule has 0 amide bonds. The van der Waals surface area contributed by atoms with Crippen molar-refractivity contribution in [2.24, 2.45) is 0 Å². The van der Waals surface area contributed by atoms with E-state index in [1.54, 1.807) is 18.2 Å². The van der Waals surface area contributed by atoms with E-state index in [1.807, 2.05) is 24.3 Å². The second-order valence-corrected chi connectivity index (χ2v) is 3.97. The lowest BCUT2D eigenvalue weighted by Crippen LogP contribution is -2.02. The van der Waals surface area contributed by atoms with E-state index in [2.05, 4.69) is 0 Å². The molecule has 92 valence electrons. The summed E-state index contributed by atoms with van der Waals surface area (Å²) in [6, 6.07) is 12.6. The smallest absolute Gasteiger partial charge is 0.308 e. The van der Waals surface area contributed by atoms with E-state index >= 15 is 0 Å². The molecule has 18 heavy (non-hydrogen) atoms. The molecule has 0 aliphatic carbocycles. The Morgan fingerprint density at radius 1 is 1.11 bits per heavy atom. The second-order valence-electron chi connectivity index (χ2n) is 3.97. The van der Waals surface area contributed by atoms with Crippen molar-refractivity contribution >= 4 is 17.3 Å². The highest BCUT2D eigenvalue weighted by Gasteiger charge is 2.06. The Morgan fingerprint density at radius 3 is 2.50 bits per heavy atom. The number of benzene rings is 2. The molecule has 0 saturated heterocycles. The molecule has 0 fully saturated rings. The van der Waals surface area contributed by atoms with E-state index in [0.717, 1.165) is 11.1 Å². The van der Waals surface area contributed by atoms with E-state index < -0.39 is 0 Å². The zero-order valence-corrected chi connectivity index (χ0v) is 10.0. The third kappa shape index (κ3) is 2.60. The van der Waals surface area contributed by atoms with Crippen LogP contribution in [0.5, 0.6) is 5.75 Å². The summed E-state index contributed by atoms with van der Waals surface area (Å²) in [7, 11) is 0. The number of nitrogens with two attached hydrogens (primary N) is 2. The molecule has 2 aromatic carbocycles. The predicted octanol–water partition coefficient (Wildman–Crippen LogP) is 2.44. The molecule has 0 unspecified atom stereocenters. The lowest BCUT2D eigenvalue weighted by molar-refractivity contribution is -0.131. The molecule has 0 saturated carbocycles. The van der Waals surface area contributed by atoms with E-state index in [-0.39, 0.29) is 5.97 Å². The zero-order chi connectivity index (χ0) is 13.1. The zero-order valence-electron chi connectivity index (χ0n) is 10.0. The lowest BCUT2D eigenvalue weighted by Gasteiger charge is -2.09. The van der Waals surface area contributed by atoms with Crippen LogP contribution in [-0.4, -0.2) is 5.97 Å². The van der Waals surface area contributed by atoms with Crippen LogP contribution in [0.15, 0.2) is 42.5 Å². The van der Waals surface area contributed by atoms with Gasteiger partial charge in [0.25, 0.3) is 0 Å². The monoisotopic (exact) mass is 242 g/mol. The third-order valence-electron chi connectivity index (χ3n) is 2.46. The molecule has 4 N–H and O–H groups in total. The molecule has 0 radical (unpaired) electrons. The topological polar surface area (TPSA) is 78.3 Å². The first-order valence-corrected chi connectivity index (χ1v) is 5.50. The number of esters is 1. The van der Waals surface area contributed by atoms with Crippen LogP contribution < -0.4 is 16.2 Å². The van der Waals surface area contributed by atoms with Crippen LogP contribution in [-0.2, 0) is 4.79 Å². The number of carbonyl (C=O) groups excluding carboxylic acids is 1. The molecule has 0 atom stereocenters. The van der Waals surface area contributed by atoms with Crippen molar-refractivity contribution in [2.75, 3.05) is 11.5 Å². The Kier molecular flexibility index (Phi) is 3.19. The maximum Gasteiger partial charge on any atom is 0.308 e. The first kappa shape index (κ1) is 12.0. The van der Waals surface area contributed by atoms with Gasteiger partial charge in [-0.25, -0.2) is 0 Å². The van der Waals surface area contributed by atoms with Gasteiger partial charge in [-0.1, -0.05) is 18.2 Å². The molecule has 0 aliphatic rings. The molecule has 0 heterocycles. The van der Waals surface area contributed by atoms with Crippen molar-refractivity contribution in [3.05, 3.63) is 42.5 Å². The van der Waals surface area contributed by atoms with Crippen LogP contribution in [0.3, 0.4) is 0 Å². The Labute approximate surface area is 105 Å². The minimum absolute atomic E-state index is 0.382. The summed E-state index contributed by atoms with van der Waals surface area (Å²) in [5.74, 6) is 0.0355. The van der Waals surface area contributed by atoms with Gasteiger partial charge in [0.05, 0.1) is 0 Å². The Hall–Kier alpha value is -2.49. The minimum Gasteiger partial charge on any atom is -0.427 e. The molecule has 0 spiro atoms. The quantitative estimate of drug-likeness (QED) is 0.481. The highest BCUT2D eigenvalue weighted by molar-refractivity contribution is 5.80. The van der Waals surface area contributed by atoms with Crippen molar-refractivity contribution in [2.45, 2.75) is 6.92 Å². The molecule has 0 bridgehead atoms. The van der Waals surface area contributed by atoms with Crippen LogP contribution in [0.2, 0.25) is 0 Å². The van der Waals surface area contributed by atoms with Gasteiger partial charge in [-0.05, 0) is 23.8 Å². The molecular weight excluding hydrogens is 228 g/mol. The summed E-state index contributed by atoms with van der Waals surface area (Å²) >= 11 is 0. The highest BCUT2D eigenvalue weighted by atomic mass is 16.5. The van der Waals surface area contributed by atoms with E-state index in [4.69, 9.17) is 16.2 Å². The summed E-state index contributed by atoms with van der Waals surface area (Å²) < 4.78 is 5.04. The van der Waals surface area contributed by atoms with Gasteiger partial charge in [0.2, 0.25) is 0 Å². The predicted molar refractivity (Wildman–Crippen MR) is 72.0 cm³/mol. The summed E-state index contributed by atoms with van der Waals surface area (Å²) in [5, 5.41) is 0. The number of anilines is 2. The summed E-state index contributed by atoms with van der Waals surface area (Å²) in [6.07, 6.45) is 0. The van der Waals surface area contributed by atoms with Crippen molar-refractivity contribution in [3.8, 4) is 16.9 Å². The molecule has 0 aliphatic heterocycles. The minimum atomic E-state index is -0.382. The molecule has 2 rings (SSSR count). The average molecular weight is 242 g/mol. The van der Waals surface area contributed by atoms with Crippen LogP contribution in [0.25, 0.3) is 11.1 Å². The van der Waals surface area contributed by atoms with E-state index in [0.29, 0.717) is 17.1 Å². The maximum atomic E-state index is 11.0. The molecule has 4 heteroatoms. The van der Waals surface area contributed by atoms with Gasteiger partial charge in [0.15, 0.2) is 0 Å². The third-order valence-corrected chi connectivity index (χ3v) is 2.46. The van der Waals surface area contributed by atoms with Crippen molar-refractivity contribution in [1.82, 2.24) is 0 Å². The van der Waals surface area contributed by atoms with Gasteiger partial charge in [0.1, 0.15) is 5.75 Å². The standard InChI is InChI=1S/C14H14N2O2/c1-9(17)18-12-7-10(6-11(15)8-12)13-4-2-3-5-14(13)16/h2-8H,15-16H2,1H3. The first-order chi connectivity index (χ1) is 8.56. The second kappa shape index (κ2) is 4.79. The number of hydrogen-bond donors (Lipinski definition) is 2. The molecule has 4 nitrogen and oxygen atoms in total. The largest absolute Gasteiger partial charge is 0.427 e. The Morgan fingerprint density at radius 2 is 1.83 bits per heavy atom. The maximum absolute atomic E-state index is 11.0. The number of nitrogen functional groups attached to an aromatic ring is 2. The number of carbonyl (C=O) groups is 1. The summed E-state index contributed by atoms with van der Waals surface area (Å²) in [5.41, 5.74) is 14.5. The summed E-state index contributed by atoms with van der Waals surface area (Å²) in [4.78, 5) is 11.0. The summed E-state index contributed by atoms with van der Waals surface area (Å²) in [6.45, 7) is 1.35. The molecule has 2 aromatic rings. The van der Waals surface area contributed by atoms with Crippen molar-refractivity contribution in [3.63, 3.8) is 0 Å². The van der Waals surface area contributed by atoms with Crippen LogP contribution in [0.1, 0.15) is 6.92 Å². The molecular formula is C14H14N2O2. The van der Waals surface area contributed by atoms with E-state index in [1.165, 1.54) is 6.92 Å². The highest BCUT2D eigenvalue weighted by Crippen LogP contribution is 2.30. The number of hydrogen-bond acceptors (Lipinski definition) is 4. The number of ether oxygens (including phenoxy) is 1. The normalized spacial score (nSPS) is 10.1. The van der Waals surface area contributed by atoms with Crippen LogP contribution >= 0.6 is 0 Å². The van der Waals surface area contributed by atoms with Gasteiger partial charge in [-0.3, -0.25) is 4.79 Å². The Balaban J connectivity index is 2.48. The fourth-order valence-electron chi connectivity index (χ4n) is 1.76. The van der Waals surface area contributed by atoms with Crippen molar-refractivity contribution < 1.29 is 9.53 Å². The van der Waals surface area contributed by atoms with Gasteiger partial charge in [-0.2, -0.15) is 0 Å². The number of rotatable bonds is 2. The Bertz CT molecular complexity index is 594. The lowest BCUT2D eigenvalue weighted by atomic mass is 10.0. The fraction of sp³-hybridized carbons (Fsp3) is 0.0714. The van der Waals surface area contributed by atoms with Crippen LogP contribution in [0, 0.1) is 0 Å². The van der Waals surface area contributed by atoms with Gasteiger partial charge in [-0.15, -0.1) is 0 Å². The van der Waals surface area contributed by atoms with Gasteiger partial charge in [0, 0.05) is 29.9 Å².